The maximum Gasteiger partial charge on any atom is -0.0325 e. The molecule has 0 aliphatic heterocycles. The second kappa shape index (κ2) is 16.0. The molecule has 0 spiro atoms. The molecule has 0 aliphatic rings. The summed E-state index contributed by atoms with van der Waals surface area (Å²) in [6, 6.07) is 0. The van der Waals surface area contributed by atoms with Crippen molar-refractivity contribution in [1.82, 2.24) is 0 Å². The third-order valence-electron chi connectivity index (χ3n) is 5.59. The summed E-state index contributed by atoms with van der Waals surface area (Å²) in [6.07, 6.45) is 20.2. The predicted octanol–water partition coefficient (Wildman–Crippen LogP) is 9.05. The van der Waals surface area contributed by atoms with Crippen LogP contribution in [0.25, 0.3) is 0 Å². The van der Waals surface area contributed by atoms with Crippen LogP contribution < -0.4 is 0 Å². The summed E-state index contributed by atoms with van der Waals surface area (Å²) >= 11 is 0. The number of allylic oxidation sites excluding steroid dienone is 2. The first-order chi connectivity index (χ1) is 11.8. The van der Waals surface area contributed by atoms with E-state index in [9.17, 15) is 0 Å². The molecule has 0 amide bonds. The van der Waals surface area contributed by atoms with E-state index >= 15 is 0 Å². The van der Waals surface area contributed by atoms with Crippen LogP contribution in [0.1, 0.15) is 119 Å². The zero-order valence-corrected chi connectivity index (χ0v) is 18.8. The summed E-state index contributed by atoms with van der Waals surface area (Å²) in [7, 11) is 0. The fourth-order valence-electron chi connectivity index (χ4n) is 3.60. The Labute approximate surface area is 161 Å². The summed E-state index contributed by atoms with van der Waals surface area (Å²) in [6.45, 7) is 16.6. The molecule has 0 bridgehead atoms. The zero-order valence-electron chi connectivity index (χ0n) is 18.8. The monoisotopic (exact) mass is 350 g/mol. The fraction of sp³-hybridized carbons (Fsp3) is 0.920. The normalized spacial score (nSPS) is 16.0. The highest BCUT2D eigenvalue weighted by Crippen LogP contribution is 2.21. The van der Waals surface area contributed by atoms with Crippen LogP contribution in [0, 0.1) is 29.6 Å². The van der Waals surface area contributed by atoms with Crippen molar-refractivity contribution in [2.75, 3.05) is 0 Å². The van der Waals surface area contributed by atoms with E-state index in [-0.39, 0.29) is 0 Å². The van der Waals surface area contributed by atoms with Gasteiger partial charge < -0.3 is 0 Å². The molecule has 0 radical (unpaired) electrons. The van der Waals surface area contributed by atoms with Gasteiger partial charge in [-0.25, -0.2) is 0 Å². The molecule has 0 rings (SSSR count). The molecule has 0 aromatic heterocycles. The van der Waals surface area contributed by atoms with Gasteiger partial charge in [0.05, 0.1) is 0 Å². The molecule has 150 valence electrons. The van der Waals surface area contributed by atoms with Gasteiger partial charge in [0.25, 0.3) is 0 Å². The smallest absolute Gasteiger partial charge is 0.0325 e. The second-order valence-electron chi connectivity index (χ2n) is 9.84. The molecule has 0 N–H and O–H groups in total. The van der Waals surface area contributed by atoms with E-state index in [4.69, 9.17) is 0 Å². The molecule has 3 atom stereocenters. The van der Waals surface area contributed by atoms with Crippen LogP contribution >= 0.6 is 0 Å². The first kappa shape index (κ1) is 24.7. The minimum Gasteiger partial charge on any atom is -0.0883 e. The topological polar surface area (TPSA) is 0 Å². The van der Waals surface area contributed by atoms with E-state index in [0.717, 1.165) is 29.6 Å². The Bertz CT molecular complexity index is 299. The lowest BCUT2D eigenvalue weighted by molar-refractivity contribution is 0.401. The van der Waals surface area contributed by atoms with Gasteiger partial charge in [0.2, 0.25) is 0 Å². The Kier molecular flexibility index (Phi) is 15.8. The Morgan fingerprint density at radius 3 is 1.12 bits per heavy atom. The van der Waals surface area contributed by atoms with Gasteiger partial charge in [0.15, 0.2) is 0 Å². The molecule has 0 aliphatic carbocycles. The first-order valence-corrected chi connectivity index (χ1v) is 11.5. The lowest BCUT2D eigenvalue weighted by Crippen LogP contribution is -1.99. The second-order valence-corrected chi connectivity index (χ2v) is 9.84. The van der Waals surface area contributed by atoms with Crippen molar-refractivity contribution in [3.63, 3.8) is 0 Å². The quantitative estimate of drug-likeness (QED) is 0.243. The van der Waals surface area contributed by atoms with Crippen LogP contribution in [0.2, 0.25) is 0 Å². The van der Waals surface area contributed by atoms with Crippen molar-refractivity contribution in [3.05, 3.63) is 12.2 Å². The largest absolute Gasteiger partial charge is 0.0883 e. The molecule has 0 nitrogen and oxygen atoms in total. The first-order valence-electron chi connectivity index (χ1n) is 11.5. The van der Waals surface area contributed by atoms with Gasteiger partial charge in [-0.2, -0.15) is 0 Å². The molecule has 0 fully saturated rings. The highest BCUT2D eigenvalue weighted by molar-refractivity contribution is 4.84. The Balaban J connectivity index is 3.60. The van der Waals surface area contributed by atoms with Crippen LogP contribution in [0.4, 0.5) is 0 Å². The standard InChI is InChI=1S/C25H50/c1-21(2)13-10-17-23(5)15-8-9-16-24(6)19-12-20-25(7)18-11-14-22(3)4/h8-9,21-25H,10-20H2,1-7H3. The van der Waals surface area contributed by atoms with Crippen molar-refractivity contribution in [3.8, 4) is 0 Å². The van der Waals surface area contributed by atoms with Crippen molar-refractivity contribution in [2.45, 2.75) is 119 Å². The van der Waals surface area contributed by atoms with Gasteiger partial charge in [0, 0.05) is 0 Å². The molecule has 0 heterocycles. The van der Waals surface area contributed by atoms with Gasteiger partial charge in [-0.05, 0) is 42.4 Å². The highest BCUT2D eigenvalue weighted by atomic mass is 14.1. The molecule has 0 aromatic rings. The van der Waals surface area contributed by atoms with Gasteiger partial charge in [-0.1, -0.05) is 118 Å². The van der Waals surface area contributed by atoms with Gasteiger partial charge in [-0.3, -0.25) is 0 Å². The van der Waals surface area contributed by atoms with Crippen LogP contribution in [-0.2, 0) is 0 Å². The highest BCUT2D eigenvalue weighted by Gasteiger charge is 2.06. The minimum absolute atomic E-state index is 0.857. The van der Waals surface area contributed by atoms with Crippen LogP contribution in [-0.4, -0.2) is 0 Å². The molecule has 0 aromatic carbocycles. The Morgan fingerprint density at radius 2 is 0.760 bits per heavy atom. The third kappa shape index (κ3) is 18.3. The van der Waals surface area contributed by atoms with Crippen molar-refractivity contribution < 1.29 is 0 Å². The van der Waals surface area contributed by atoms with E-state index in [0.29, 0.717) is 0 Å². The summed E-state index contributed by atoms with van der Waals surface area (Å²) in [5, 5.41) is 0. The average molecular weight is 351 g/mol. The van der Waals surface area contributed by atoms with Gasteiger partial charge >= 0.3 is 0 Å². The van der Waals surface area contributed by atoms with Crippen molar-refractivity contribution in [2.24, 2.45) is 29.6 Å². The number of rotatable bonds is 16. The molecule has 25 heavy (non-hydrogen) atoms. The Morgan fingerprint density at radius 1 is 0.440 bits per heavy atom. The summed E-state index contributed by atoms with van der Waals surface area (Å²) in [5.41, 5.74) is 0. The SMILES string of the molecule is CC(C)CCCC(C)CC=CCC(C)CCCC(C)CCCC(C)C. The van der Waals surface area contributed by atoms with Gasteiger partial charge in [0.1, 0.15) is 0 Å². The summed E-state index contributed by atoms with van der Waals surface area (Å²) < 4.78 is 0. The molecule has 0 saturated heterocycles. The lowest BCUT2D eigenvalue weighted by Gasteiger charge is -2.14. The number of hydrogen-bond acceptors (Lipinski definition) is 0. The maximum absolute atomic E-state index is 2.45. The molecular weight excluding hydrogens is 300 g/mol. The van der Waals surface area contributed by atoms with Crippen LogP contribution in [0.15, 0.2) is 12.2 Å². The Hall–Kier alpha value is -0.260. The lowest BCUT2D eigenvalue weighted by atomic mass is 9.92. The molecule has 0 heteroatoms. The van der Waals surface area contributed by atoms with Crippen molar-refractivity contribution >= 4 is 0 Å². The zero-order chi connectivity index (χ0) is 19.1. The van der Waals surface area contributed by atoms with Gasteiger partial charge in [-0.15, -0.1) is 0 Å². The van der Waals surface area contributed by atoms with E-state index < -0.39 is 0 Å². The van der Waals surface area contributed by atoms with E-state index in [2.05, 4.69) is 60.6 Å². The van der Waals surface area contributed by atoms with Crippen LogP contribution in [0.3, 0.4) is 0 Å². The molecular formula is C25H50. The van der Waals surface area contributed by atoms with Crippen LogP contribution in [0.5, 0.6) is 0 Å². The third-order valence-corrected chi connectivity index (χ3v) is 5.59. The average Bonchev–Trinajstić information content (AvgIpc) is 2.51. The van der Waals surface area contributed by atoms with Crippen molar-refractivity contribution in [1.29, 1.82) is 0 Å². The molecule has 0 saturated carbocycles. The van der Waals surface area contributed by atoms with E-state index in [1.165, 1.54) is 70.6 Å². The van der Waals surface area contributed by atoms with E-state index in [1.54, 1.807) is 0 Å². The predicted molar refractivity (Wildman–Crippen MR) is 117 cm³/mol. The van der Waals surface area contributed by atoms with E-state index in [1.807, 2.05) is 0 Å². The fourth-order valence-corrected chi connectivity index (χ4v) is 3.60. The minimum atomic E-state index is 0.857. The summed E-state index contributed by atoms with van der Waals surface area (Å²) in [4.78, 5) is 0. The molecule has 3 unspecified atom stereocenters. The maximum atomic E-state index is 2.45. The summed E-state index contributed by atoms with van der Waals surface area (Å²) in [5.74, 6) is 4.37. The number of hydrogen-bond donors (Lipinski definition) is 0.